The number of nitrogens with zero attached hydrogens (tertiary/aromatic N) is 2. The quantitative estimate of drug-likeness (QED) is 0.239. The van der Waals surface area contributed by atoms with Crippen molar-refractivity contribution in [3.63, 3.8) is 0 Å². The van der Waals surface area contributed by atoms with E-state index >= 15 is 0 Å². The van der Waals surface area contributed by atoms with Gasteiger partial charge in [0.15, 0.2) is 5.69 Å². The van der Waals surface area contributed by atoms with Crippen LogP contribution in [-0.2, 0) is 25.5 Å². The normalized spacial score (nSPS) is 18.7. The molecule has 2 aliphatic rings. The van der Waals surface area contributed by atoms with Crippen LogP contribution >= 0.6 is 0 Å². The number of aromatic nitrogens is 2. The summed E-state index contributed by atoms with van der Waals surface area (Å²) in [4.78, 5) is 64.7. The van der Waals surface area contributed by atoms with Crippen LogP contribution in [0.1, 0.15) is 47.1 Å². The molecule has 12 nitrogen and oxygen atoms in total. The highest BCUT2D eigenvalue weighted by Gasteiger charge is 2.31. The van der Waals surface area contributed by atoms with E-state index in [1.807, 2.05) is 0 Å². The molecular weight excluding hydrogens is 561 g/mol. The first-order valence-corrected chi connectivity index (χ1v) is 13.8. The predicted molar refractivity (Wildman–Crippen MR) is 150 cm³/mol. The van der Waals surface area contributed by atoms with Gasteiger partial charge in [-0.2, -0.15) is 0 Å². The van der Waals surface area contributed by atoms with E-state index in [9.17, 15) is 28.4 Å². The molecule has 0 bridgehead atoms. The number of ether oxygens (including phenoxy) is 1. The van der Waals surface area contributed by atoms with Gasteiger partial charge in [0.2, 0.25) is 11.8 Å². The lowest BCUT2D eigenvalue weighted by Crippen LogP contribution is -2.44. The number of nitrogens with one attached hydrogen (secondary N) is 3. The second kappa shape index (κ2) is 12.8. The van der Waals surface area contributed by atoms with Crippen molar-refractivity contribution >= 4 is 29.4 Å². The van der Waals surface area contributed by atoms with Gasteiger partial charge in [-0.25, -0.2) is 9.18 Å². The van der Waals surface area contributed by atoms with Crippen LogP contribution in [0.4, 0.5) is 10.1 Å². The van der Waals surface area contributed by atoms with Crippen molar-refractivity contribution in [3.8, 4) is 0 Å². The number of amides is 3. The molecule has 2 saturated heterocycles. The lowest BCUT2D eigenvalue weighted by atomic mass is 9.95. The minimum absolute atomic E-state index is 0.00114. The van der Waals surface area contributed by atoms with Crippen LogP contribution in [-0.4, -0.2) is 52.6 Å². The number of carbonyl (C=O) groups is 4. The molecule has 224 valence electrons. The third kappa shape index (κ3) is 7.05. The minimum Gasteiger partial charge on any atom is -0.462 e. The lowest BCUT2D eigenvalue weighted by Gasteiger charge is -2.24. The van der Waals surface area contributed by atoms with Gasteiger partial charge in [-0.05, 0) is 49.6 Å². The van der Waals surface area contributed by atoms with Crippen molar-refractivity contribution in [2.75, 3.05) is 18.5 Å². The van der Waals surface area contributed by atoms with Crippen molar-refractivity contribution in [2.24, 2.45) is 5.92 Å². The largest absolute Gasteiger partial charge is 0.462 e. The minimum atomic E-state index is -1.14. The molecule has 3 atom stereocenters. The Hall–Kier alpha value is -5.07. The van der Waals surface area contributed by atoms with Crippen LogP contribution in [0.2, 0.25) is 0 Å². The van der Waals surface area contributed by atoms with Gasteiger partial charge < -0.3 is 29.8 Å². The van der Waals surface area contributed by atoms with Crippen molar-refractivity contribution in [1.82, 2.24) is 20.4 Å². The number of anilines is 1. The molecule has 0 unspecified atom stereocenters. The van der Waals surface area contributed by atoms with Gasteiger partial charge in [0.1, 0.15) is 23.3 Å². The number of halogens is 1. The zero-order chi connectivity index (χ0) is 30.5. The fourth-order valence-electron chi connectivity index (χ4n) is 5.14. The molecule has 1 aromatic carbocycles. The number of carbonyl (C=O) groups excluding carboxylic acids is 4. The summed E-state index contributed by atoms with van der Waals surface area (Å²) in [5.74, 6) is -2.30. The van der Waals surface area contributed by atoms with Gasteiger partial charge in [-0.15, -0.1) is 0 Å². The molecule has 0 aliphatic carbocycles. The Balaban J connectivity index is 1.46. The summed E-state index contributed by atoms with van der Waals surface area (Å²) in [6.07, 6.45) is 4.20. The smallest absolute Gasteiger partial charge is 0.333 e. The molecule has 3 N–H and O–H groups in total. The Morgan fingerprint density at radius 2 is 2.00 bits per heavy atom. The van der Waals surface area contributed by atoms with Crippen LogP contribution in [0.25, 0.3) is 0 Å². The van der Waals surface area contributed by atoms with E-state index in [4.69, 9.17) is 9.26 Å². The number of rotatable bonds is 10. The summed E-state index contributed by atoms with van der Waals surface area (Å²) in [5.41, 5.74) is 0.183. The van der Waals surface area contributed by atoms with Gasteiger partial charge in [-0.1, -0.05) is 23.4 Å². The van der Waals surface area contributed by atoms with E-state index in [0.717, 1.165) is 0 Å². The van der Waals surface area contributed by atoms with E-state index in [1.165, 1.54) is 53.2 Å². The molecule has 2 aliphatic heterocycles. The molecule has 4 heterocycles. The first-order chi connectivity index (χ1) is 20.7. The Morgan fingerprint density at radius 1 is 1.21 bits per heavy atom. The Bertz CT molecular complexity index is 1630. The second-order valence-electron chi connectivity index (χ2n) is 10.5. The second-order valence-corrected chi connectivity index (χ2v) is 10.5. The van der Waals surface area contributed by atoms with Crippen LogP contribution in [0.3, 0.4) is 0 Å². The molecule has 2 fully saturated rings. The zero-order valence-corrected chi connectivity index (χ0v) is 23.3. The summed E-state index contributed by atoms with van der Waals surface area (Å²) >= 11 is 0. The average Bonchev–Trinajstić information content (AvgIpc) is 3.71. The van der Waals surface area contributed by atoms with E-state index in [2.05, 4.69) is 21.1 Å². The fraction of sp³-hybridized carbons (Fsp3) is 0.333. The van der Waals surface area contributed by atoms with E-state index in [1.54, 1.807) is 13.0 Å². The summed E-state index contributed by atoms with van der Waals surface area (Å²) in [6, 6.07) is 7.99. The molecular formula is C30H30FN5O7. The maximum atomic E-state index is 13.9. The van der Waals surface area contributed by atoms with E-state index < -0.39 is 41.2 Å². The number of aryl methyl sites for hydroxylation is 1. The SMILES string of the molecule is Cc1cc(C(=O)Nc2cccn([C@@H](Cc3ccc(F)cc3)C(=O)N[C@H](/C=C3\CCOC3=O)C[C@@H]3CCNC3=O)c2=O)no1. The number of esters is 1. The third-order valence-corrected chi connectivity index (χ3v) is 7.36. The molecule has 0 radical (unpaired) electrons. The molecule has 0 spiro atoms. The topological polar surface area (TPSA) is 162 Å². The number of benzene rings is 1. The molecule has 2 aromatic heterocycles. The van der Waals surface area contributed by atoms with Gasteiger partial charge in [-0.3, -0.25) is 19.2 Å². The van der Waals surface area contributed by atoms with Gasteiger partial charge >= 0.3 is 5.97 Å². The standard InChI is InChI=1S/C30H30FN5O7/c1-17-13-24(35-43-17)27(38)34-23-3-2-11-36(29(23)40)25(14-18-4-6-21(31)7-5-18)28(39)33-22(15-19-8-10-32-26(19)37)16-20-9-12-42-30(20)41/h2-7,11,13,16,19,22,25H,8-10,12,14-15H2,1H3,(H,32,37)(H,33,39)(H,34,38)/b20-16+/t19-,22-,25-/m0/s1. The van der Waals surface area contributed by atoms with Gasteiger partial charge in [0, 0.05) is 49.2 Å². The first-order valence-electron chi connectivity index (χ1n) is 13.8. The summed E-state index contributed by atoms with van der Waals surface area (Å²) in [5, 5.41) is 11.9. The van der Waals surface area contributed by atoms with Crippen LogP contribution < -0.4 is 21.5 Å². The van der Waals surface area contributed by atoms with Crippen LogP contribution in [0, 0.1) is 18.7 Å². The lowest BCUT2D eigenvalue weighted by molar-refractivity contribution is -0.135. The van der Waals surface area contributed by atoms with Crippen molar-refractivity contribution < 1.29 is 32.8 Å². The van der Waals surface area contributed by atoms with Gasteiger partial charge in [0.05, 0.1) is 6.61 Å². The van der Waals surface area contributed by atoms with Crippen LogP contribution in [0.15, 0.2) is 69.6 Å². The highest BCUT2D eigenvalue weighted by atomic mass is 19.1. The summed E-state index contributed by atoms with van der Waals surface area (Å²) in [7, 11) is 0. The zero-order valence-electron chi connectivity index (χ0n) is 23.3. The number of hydrogen-bond acceptors (Lipinski definition) is 8. The molecule has 3 aromatic rings. The Labute approximate surface area is 245 Å². The summed E-state index contributed by atoms with van der Waals surface area (Å²) < 4.78 is 24.8. The van der Waals surface area contributed by atoms with Crippen molar-refractivity contribution in [3.05, 3.63) is 93.5 Å². The number of cyclic esters (lactones) is 1. The maximum Gasteiger partial charge on any atom is 0.333 e. The fourth-order valence-corrected chi connectivity index (χ4v) is 5.14. The average molecular weight is 592 g/mol. The molecule has 43 heavy (non-hydrogen) atoms. The maximum absolute atomic E-state index is 13.9. The Kier molecular flexibility index (Phi) is 8.79. The first kappa shape index (κ1) is 29.4. The van der Waals surface area contributed by atoms with Crippen molar-refractivity contribution in [2.45, 2.75) is 44.7 Å². The van der Waals surface area contributed by atoms with Crippen LogP contribution in [0.5, 0.6) is 0 Å². The monoisotopic (exact) mass is 591 g/mol. The van der Waals surface area contributed by atoms with Gasteiger partial charge in [0.25, 0.3) is 11.5 Å². The third-order valence-electron chi connectivity index (χ3n) is 7.36. The number of hydrogen-bond donors (Lipinski definition) is 3. The van der Waals surface area contributed by atoms with E-state index in [0.29, 0.717) is 36.3 Å². The Morgan fingerprint density at radius 3 is 2.65 bits per heavy atom. The highest BCUT2D eigenvalue weighted by molar-refractivity contribution is 6.02. The number of pyridine rings is 1. The highest BCUT2D eigenvalue weighted by Crippen LogP contribution is 2.22. The molecule has 5 rings (SSSR count). The predicted octanol–water partition coefficient (Wildman–Crippen LogP) is 2.20. The molecule has 0 saturated carbocycles. The molecule has 13 heteroatoms. The van der Waals surface area contributed by atoms with E-state index in [-0.39, 0.29) is 42.7 Å². The van der Waals surface area contributed by atoms with Crippen molar-refractivity contribution in [1.29, 1.82) is 0 Å². The molecule has 3 amide bonds. The summed E-state index contributed by atoms with van der Waals surface area (Å²) in [6.45, 7) is 2.36.